The lowest BCUT2D eigenvalue weighted by Crippen LogP contribution is -2.39. The van der Waals surface area contributed by atoms with Crippen LogP contribution in [0.1, 0.15) is 52.4 Å². The smallest absolute Gasteiger partial charge is 0.0360 e. The Bertz CT molecular complexity index is 141. The predicted octanol–water partition coefficient (Wildman–Crippen LogP) is 3.86. The molecule has 0 spiro atoms. The second-order valence-corrected chi connectivity index (χ2v) is 5.10. The van der Waals surface area contributed by atoms with E-state index in [1.807, 2.05) is 0 Å². The first-order valence-electron chi connectivity index (χ1n) is 5.81. The third kappa shape index (κ3) is 1.41. The van der Waals surface area contributed by atoms with Gasteiger partial charge in [0, 0.05) is 0 Å². The molecule has 0 radical (unpaired) electrons. The fourth-order valence-corrected chi connectivity index (χ4v) is 3.45. The van der Waals surface area contributed by atoms with Gasteiger partial charge in [-0.15, -0.1) is 0 Å². The second-order valence-electron chi connectivity index (χ2n) is 5.10. The van der Waals surface area contributed by atoms with E-state index < -0.39 is 0 Å². The highest BCUT2D eigenvalue weighted by molar-refractivity contribution is 4.91. The lowest BCUT2D eigenvalue weighted by molar-refractivity contribution is 0.0183. The molecule has 0 heteroatoms. The minimum Gasteiger partial charge on any atom is -0.0654 e. The molecule has 0 aromatic carbocycles. The first-order chi connectivity index (χ1) is 5.81. The average molecular weight is 166 g/mol. The van der Waals surface area contributed by atoms with Crippen molar-refractivity contribution in [2.24, 2.45) is 23.7 Å². The van der Waals surface area contributed by atoms with Crippen molar-refractivity contribution in [3.63, 3.8) is 0 Å². The van der Waals surface area contributed by atoms with Crippen LogP contribution in [0.25, 0.3) is 0 Å². The average Bonchev–Trinajstić information content (AvgIpc) is 2.03. The van der Waals surface area contributed by atoms with E-state index in [-0.39, 0.29) is 0 Å². The van der Waals surface area contributed by atoms with Crippen molar-refractivity contribution in [2.45, 2.75) is 52.4 Å². The standard InChI is InChI=1S/C12H22/c1-3-4-9(2)12-6-5-10-7-11(12)8-10/h9-12H,3-8H2,1-2H3. The molecule has 0 amide bonds. The molecule has 0 nitrogen and oxygen atoms in total. The van der Waals surface area contributed by atoms with E-state index in [2.05, 4.69) is 13.8 Å². The van der Waals surface area contributed by atoms with Crippen molar-refractivity contribution in [1.29, 1.82) is 0 Å². The molecule has 2 atom stereocenters. The van der Waals surface area contributed by atoms with E-state index in [4.69, 9.17) is 0 Å². The van der Waals surface area contributed by atoms with Gasteiger partial charge in [0.05, 0.1) is 0 Å². The van der Waals surface area contributed by atoms with Crippen LogP contribution >= 0.6 is 0 Å². The summed E-state index contributed by atoms with van der Waals surface area (Å²) in [5.41, 5.74) is 0. The van der Waals surface area contributed by atoms with Gasteiger partial charge in [-0.2, -0.15) is 0 Å². The second kappa shape index (κ2) is 3.40. The predicted molar refractivity (Wildman–Crippen MR) is 53.0 cm³/mol. The molecule has 3 aliphatic carbocycles. The third-order valence-corrected chi connectivity index (χ3v) is 4.26. The van der Waals surface area contributed by atoms with Crippen LogP contribution in [-0.4, -0.2) is 0 Å². The van der Waals surface area contributed by atoms with Gasteiger partial charge >= 0.3 is 0 Å². The first kappa shape index (κ1) is 8.59. The van der Waals surface area contributed by atoms with Crippen LogP contribution in [0.3, 0.4) is 0 Å². The van der Waals surface area contributed by atoms with Crippen molar-refractivity contribution in [3.8, 4) is 0 Å². The van der Waals surface area contributed by atoms with Crippen molar-refractivity contribution in [3.05, 3.63) is 0 Å². The topological polar surface area (TPSA) is 0 Å². The van der Waals surface area contributed by atoms with Crippen molar-refractivity contribution in [2.75, 3.05) is 0 Å². The van der Waals surface area contributed by atoms with E-state index in [1.165, 1.54) is 12.8 Å². The molecule has 3 aliphatic rings. The SMILES string of the molecule is CCCC(C)C1CCC2CC1C2. The minimum absolute atomic E-state index is 1.02. The molecule has 0 aliphatic heterocycles. The summed E-state index contributed by atoms with van der Waals surface area (Å²) < 4.78 is 0. The number of rotatable bonds is 3. The number of hydrogen-bond acceptors (Lipinski definition) is 0. The van der Waals surface area contributed by atoms with Crippen molar-refractivity contribution < 1.29 is 0 Å². The highest BCUT2D eigenvalue weighted by atomic mass is 14.5. The van der Waals surface area contributed by atoms with Crippen LogP contribution in [0.15, 0.2) is 0 Å². The van der Waals surface area contributed by atoms with Crippen LogP contribution in [0.4, 0.5) is 0 Å². The van der Waals surface area contributed by atoms with E-state index in [1.54, 1.807) is 25.7 Å². The Labute approximate surface area is 76.7 Å². The van der Waals surface area contributed by atoms with E-state index in [0.29, 0.717) is 0 Å². The monoisotopic (exact) mass is 166 g/mol. The maximum atomic E-state index is 2.48. The summed E-state index contributed by atoms with van der Waals surface area (Å²) in [6.07, 6.45) is 9.11. The van der Waals surface area contributed by atoms with E-state index in [0.717, 1.165) is 23.7 Å². The summed E-state index contributed by atoms with van der Waals surface area (Å²) >= 11 is 0. The van der Waals surface area contributed by atoms with Gasteiger partial charge in [0.2, 0.25) is 0 Å². The Kier molecular flexibility index (Phi) is 2.43. The molecule has 3 rings (SSSR count). The molecule has 0 N–H and O–H groups in total. The van der Waals surface area contributed by atoms with Gasteiger partial charge in [0.25, 0.3) is 0 Å². The molecule has 3 fully saturated rings. The Morgan fingerprint density at radius 1 is 1.25 bits per heavy atom. The number of fused-ring (bicyclic) bond motifs is 2. The van der Waals surface area contributed by atoms with Gasteiger partial charge in [-0.25, -0.2) is 0 Å². The van der Waals surface area contributed by atoms with E-state index >= 15 is 0 Å². The molecular weight excluding hydrogens is 144 g/mol. The van der Waals surface area contributed by atoms with Gasteiger partial charge in [-0.1, -0.05) is 33.1 Å². The lowest BCUT2D eigenvalue weighted by Gasteiger charge is -2.49. The Morgan fingerprint density at radius 2 is 2.00 bits per heavy atom. The molecule has 70 valence electrons. The summed E-state index contributed by atoms with van der Waals surface area (Å²) in [4.78, 5) is 0. The van der Waals surface area contributed by atoms with Crippen LogP contribution in [0.5, 0.6) is 0 Å². The number of hydrogen-bond donors (Lipinski definition) is 0. The van der Waals surface area contributed by atoms with Crippen LogP contribution in [0, 0.1) is 23.7 Å². The van der Waals surface area contributed by atoms with Gasteiger partial charge in [0.1, 0.15) is 0 Å². The molecule has 2 unspecified atom stereocenters. The van der Waals surface area contributed by atoms with Crippen molar-refractivity contribution >= 4 is 0 Å². The fraction of sp³-hybridized carbons (Fsp3) is 1.00. The maximum absolute atomic E-state index is 2.48. The van der Waals surface area contributed by atoms with Crippen LogP contribution in [-0.2, 0) is 0 Å². The quantitative estimate of drug-likeness (QED) is 0.597. The summed E-state index contributed by atoms with van der Waals surface area (Å²) in [6.45, 7) is 4.80. The summed E-state index contributed by atoms with van der Waals surface area (Å²) in [5, 5.41) is 0. The molecule has 12 heavy (non-hydrogen) atoms. The van der Waals surface area contributed by atoms with Crippen LogP contribution in [0.2, 0.25) is 0 Å². The summed E-state index contributed by atoms with van der Waals surface area (Å²) in [5.74, 6) is 4.42. The van der Waals surface area contributed by atoms with Gasteiger partial charge < -0.3 is 0 Å². The van der Waals surface area contributed by atoms with Crippen LogP contribution < -0.4 is 0 Å². The van der Waals surface area contributed by atoms with Crippen molar-refractivity contribution in [1.82, 2.24) is 0 Å². The van der Waals surface area contributed by atoms with Gasteiger partial charge in [-0.3, -0.25) is 0 Å². The Morgan fingerprint density at radius 3 is 2.50 bits per heavy atom. The summed E-state index contributed by atoms with van der Waals surface area (Å²) in [6, 6.07) is 0. The lowest BCUT2D eigenvalue weighted by atomic mass is 9.57. The molecule has 3 saturated carbocycles. The highest BCUT2D eigenvalue weighted by Crippen LogP contribution is 2.51. The van der Waals surface area contributed by atoms with E-state index in [9.17, 15) is 0 Å². The zero-order valence-electron chi connectivity index (χ0n) is 8.55. The summed E-state index contributed by atoms with van der Waals surface area (Å²) in [7, 11) is 0. The zero-order valence-corrected chi connectivity index (χ0v) is 8.55. The largest absolute Gasteiger partial charge is 0.0654 e. The Hall–Kier alpha value is 0. The Balaban J connectivity index is 1.85. The molecule has 0 saturated heterocycles. The highest BCUT2D eigenvalue weighted by Gasteiger charge is 2.41. The molecule has 0 aromatic heterocycles. The molecule has 0 heterocycles. The normalized spacial score (nSPS) is 42.0. The zero-order chi connectivity index (χ0) is 8.55. The molecule has 2 bridgehead atoms. The minimum atomic E-state index is 1.02. The van der Waals surface area contributed by atoms with Gasteiger partial charge in [-0.05, 0) is 42.9 Å². The first-order valence-corrected chi connectivity index (χ1v) is 5.81. The molecular formula is C12H22. The fourth-order valence-electron chi connectivity index (χ4n) is 3.45. The van der Waals surface area contributed by atoms with Gasteiger partial charge in [0.15, 0.2) is 0 Å². The third-order valence-electron chi connectivity index (χ3n) is 4.26. The maximum Gasteiger partial charge on any atom is -0.0360 e. The molecule has 0 aromatic rings.